The van der Waals surface area contributed by atoms with E-state index < -0.39 is 33.9 Å². The van der Waals surface area contributed by atoms with Gasteiger partial charge in [0, 0.05) is 36.5 Å². The first-order valence-corrected chi connectivity index (χ1v) is 13.7. The maximum Gasteiger partial charge on any atom is 0.413 e. The molecule has 1 aliphatic heterocycles. The van der Waals surface area contributed by atoms with Gasteiger partial charge in [0.1, 0.15) is 9.84 Å². The van der Waals surface area contributed by atoms with Crippen LogP contribution in [0.5, 0.6) is 0 Å². The van der Waals surface area contributed by atoms with Crippen molar-refractivity contribution in [3.63, 3.8) is 0 Å². The minimum atomic E-state index is -4.67. The molecule has 1 aliphatic carbocycles. The number of benzene rings is 2. The van der Waals surface area contributed by atoms with Crippen LogP contribution in [0.3, 0.4) is 0 Å². The SMILES string of the molecule is CC1c2ccccc2C(C)C1Nc1ccc([C@H](N(C)C(=O)C2CCS(=O)(=O)CC2)C(F)(F)F)cc1. The number of anilines is 1. The zero-order valence-electron chi connectivity index (χ0n) is 20.0. The van der Waals surface area contributed by atoms with Crippen molar-refractivity contribution in [2.45, 2.75) is 56.8 Å². The van der Waals surface area contributed by atoms with Crippen LogP contribution in [0.4, 0.5) is 18.9 Å². The van der Waals surface area contributed by atoms with E-state index in [1.54, 1.807) is 12.1 Å². The summed E-state index contributed by atoms with van der Waals surface area (Å²) in [5.74, 6) is -1.22. The second-order valence-corrected chi connectivity index (χ2v) is 12.1. The molecule has 2 aliphatic rings. The standard InChI is InChI=1S/C26H31F3N2O3S/c1-16-21-6-4-5-7-22(21)17(2)23(16)30-20-10-8-18(9-11-20)24(26(27,28)29)31(3)25(32)19-12-14-35(33,34)15-13-19/h4-11,16-17,19,23-24,30H,12-15H2,1-3H3/t16?,17?,23?,24-/m0/s1. The Hall–Kier alpha value is -2.55. The highest BCUT2D eigenvalue weighted by Crippen LogP contribution is 2.43. The van der Waals surface area contributed by atoms with E-state index in [9.17, 15) is 26.4 Å². The van der Waals surface area contributed by atoms with Crippen molar-refractivity contribution in [3.8, 4) is 0 Å². The van der Waals surface area contributed by atoms with Crippen molar-refractivity contribution in [3.05, 3.63) is 65.2 Å². The number of rotatable bonds is 5. The average Bonchev–Trinajstić information content (AvgIpc) is 3.04. The first-order valence-electron chi connectivity index (χ1n) is 11.9. The molecule has 9 heteroatoms. The first kappa shape index (κ1) is 25.5. The summed E-state index contributed by atoms with van der Waals surface area (Å²) in [6.45, 7) is 4.29. The Bertz CT molecular complexity index is 1140. The maximum atomic E-state index is 14.1. The molecule has 2 aromatic rings. The maximum absolute atomic E-state index is 14.1. The normalized spacial score (nSPS) is 25.0. The summed E-state index contributed by atoms with van der Waals surface area (Å²) in [5, 5.41) is 3.48. The van der Waals surface area contributed by atoms with Crippen LogP contribution in [-0.4, -0.2) is 50.0 Å². The molecule has 0 saturated carbocycles. The van der Waals surface area contributed by atoms with Crippen LogP contribution in [0.15, 0.2) is 48.5 Å². The van der Waals surface area contributed by atoms with Gasteiger partial charge in [0.15, 0.2) is 6.04 Å². The van der Waals surface area contributed by atoms with E-state index in [4.69, 9.17) is 0 Å². The van der Waals surface area contributed by atoms with E-state index in [1.807, 2.05) is 12.1 Å². The quantitative estimate of drug-likeness (QED) is 0.597. The predicted molar refractivity (Wildman–Crippen MR) is 130 cm³/mol. The van der Waals surface area contributed by atoms with Crippen LogP contribution >= 0.6 is 0 Å². The van der Waals surface area contributed by atoms with Gasteiger partial charge in [0.25, 0.3) is 0 Å². The van der Waals surface area contributed by atoms with Crippen LogP contribution < -0.4 is 5.32 Å². The number of hydrogen-bond acceptors (Lipinski definition) is 4. The van der Waals surface area contributed by atoms with E-state index in [0.717, 1.165) is 17.6 Å². The lowest BCUT2D eigenvalue weighted by molar-refractivity contribution is -0.190. The van der Waals surface area contributed by atoms with Gasteiger partial charge in [-0.3, -0.25) is 4.79 Å². The minimum Gasteiger partial charge on any atom is -0.381 e. The lowest BCUT2D eigenvalue weighted by atomic mass is 9.96. The van der Waals surface area contributed by atoms with Crippen molar-refractivity contribution in [1.29, 1.82) is 0 Å². The fraction of sp³-hybridized carbons (Fsp3) is 0.500. The molecule has 2 unspecified atom stereocenters. The zero-order valence-corrected chi connectivity index (χ0v) is 20.9. The van der Waals surface area contributed by atoms with Crippen LogP contribution in [0, 0.1) is 5.92 Å². The Morgan fingerprint density at radius 1 is 0.971 bits per heavy atom. The summed E-state index contributed by atoms with van der Waals surface area (Å²) in [7, 11) is -2.07. The molecule has 0 radical (unpaired) electrons. The number of nitrogens with zero attached hydrogens (tertiary/aromatic N) is 1. The molecular formula is C26H31F3N2O3S. The van der Waals surface area contributed by atoms with E-state index in [-0.39, 0.29) is 47.8 Å². The fourth-order valence-corrected chi connectivity index (χ4v) is 7.04. The Labute approximate surface area is 204 Å². The molecule has 1 fully saturated rings. The third-order valence-corrected chi connectivity index (χ3v) is 9.28. The molecule has 1 N–H and O–H groups in total. The Kier molecular flexibility index (Phi) is 6.92. The van der Waals surface area contributed by atoms with Crippen LogP contribution in [0.2, 0.25) is 0 Å². The number of alkyl halides is 3. The molecule has 1 heterocycles. The van der Waals surface area contributed by atoms with Gasteiger partial charge in [-0.2, -0.15) is 13.2 Å². The molecule has 0 bridgehead atoms. The number of fused-ring (bicyclic) bond motifs is 1. The van der Waals surface area contributed by atoms with Crippen molar-refractivity contribution < 1.29 is 26.4 Å². The summed E-state index contributed by atoms with van der Waals surface area (Å²) in [6.07, 6.45) is -4.56. The van der Waals surface area contributed by atoms with Gasteiger partial charge in [-0.1, -0.05) is 50.2 Å². The topological polar surface area (TPSA) is 66.5 Å². The number of carbonyl (C=O) groups excluding carboxylic acids is 1. The number of nitrogens with one attached hydrogen (secondary N) is 1. The number of carbonyl (C=O) groups is 1. The lowest BCUT2D eigenvalue weighted by Crippen LogP contribution is -2.44. The van der Waals surface area contributed by atoms with Crippen LogP contribution in [0.25, 0.3) is 0 Å². The van der Waals surface area contributed by atoms with Gasteiger partial charge < -0.3 is 10.2 Å². The molecule has 5 nitrogen and oxygen atoms in total. The summed E-state index contributed by atoms with van der Waals surface area (Å²) >= 11 is 0. The molecule has 190 valence electrons. The number of halogens is 3. The molecule has 4 rings (SSSR count). The highest BCUT2D eigenvalue weighted by atomic mass is 32.2. The summed E-state index contributed by atoms with van der Waals surface area (Å²) in [5.41, 5.74) is 3.25. The van der Waals surface area contributed by atoms with E-state index in [0.29, 0.717) is 0 Å². The third-order valence-electron chi connectivity index (χ3n) is 7.56. The van der Waals surface area contributed by atoms with E-state index >= 15 is 0 Å². The molecular weight excluding hydrogens is 477 g/mol. The smallest absolute Gasteiger partial charge is 0.381 e. The second kappa shape index (κ2) is 9.48. The van der Waals surface area contributed by atoms with Gasteiger partial charge in [0.2, 0.25) is 5.91 Å². The summed E-state index contributed by atoms with van der Waals surface area (Å²) in [6, 6.07) is 12.3. The molecule has 0 spiro atoms. The van der Waals surface area contributed by atoms with Crippen LogP contribution in [0.1, 0.15) is 61.3 Å². The summed E-state index contributed by atoms with van der Waals surface area (Å²) in [4.78, 5) is 13.6. The van der Waals surface area contributed by atoms with Crippen molar-refractivity contribution in [1.82, 2.24) is 4.90 Å². The molecule has 1 saturated heterocycles. The second-order valence-electron chi connectivity index (χ2n) is 9.82. The largest absolute Gasteiger partial charge is 0.413 e. The van der Waals surface area contributed by atoms with Crippen LogP contribution in [-0.2, 0) is 14.6 Å². The fourth-order valence-electron chi connectivity index (χ4n) is 5.55. The molecule has 3 atom stereocenters. The number of amides is 1. The molecule has 35 heavy (non-hydrogen) atoms. The van der Waals surface area contributed by atoms with Gasteiger partial charge in [0.05, 0.1) is 11.5 Å². The first-order chi connectivity index (χ1) is 16.4. The van der Waals surface area contributed by atoms with Crippen molar-refractivity contribution >= 4 is 21.4 Å². The number of hydrogen-bond donors (Lipinski definition) is 1. The zero-order chi connectivity index (χ0) is 25.5. The summed E-state index contributed by atoms with van der Waals surface area (Å²) < 4.78 is 65.6. The Morgan fingerprint density at radius 3 is 1.97 bits per heavy atom. The highest BCUT2D eigenvalue weighted by molar-refractivity contribution is 7.91. The molecule has 2 aromatic carbocycles. The van der Waals surface area contributed by atoms with Gasteiger partial charge in [-0.05, 0) is 41.7 Å². The van der Waals surface area contributed by atoms with E-state index in [1.165, 1.54) is 23.3 Å². The average molecular weight is 509 g/mol. The van der Waals surface area contributed by atoms with Gasteiger partial charge in [-0.15, -0.1) is 0 Å². The van der Waals surface area contributed by atoms with E-state index in [2.05, 4.69) is 31.3 Å². The van der Waals surface area contributed by atoms with Gasteiger partial charge in [-0.25, -0.2) is 8.42 Å². The monoisotopic (exact) mass is 508 g/mol. The molecule has 1 amide bonds. The predicted octanol–water partition coefficient (Wildman–Crippen LogP) is 5.27. The van der Waals surface area contributed by atoms with Crippen molar-refractivity contribution in [2.24, 2.45) is 5.92 Å². The Balaban J connectivity index is 1.50. The highest BCUT2D eigenvalue weighted by Gasteiger charge is 2.46. The molecule has 0 aromatic heterocycles. The minimum absolute atomic E-state index is 0.0295. The van der Waals surface area contributed by atoms with Gasteiger partial charge >= 0.3 is 6.18 Å². The number of sulfone groups is 1. The lowest BCUT2D eigenvalue weighted by Gasteiger charge is -2.34. The van der Waals surface area contributed by atoms with Crippen molar-refractivity contribution in [2.75, 3.05) is 23.9 Å². The third kappa shape index (κ3) is 5.20. The Morgan fingerprint density at radius 2 is 1.49 bits per heavy atom.